The first kappa shape index (κ1) is 10.9. The van der Waals surface area contributed by atoms with Gasteiger partial charge in [0, 0.05) is 24.7 Å². The van der Waals surface area contributed by atoms with Crippen LogP contribution in [-0.2, 0) is 11.2 Å². The van der Waals surface area contributed by atoms with Gasteiger partial charge in [-0.3, -0.25) is 4.79 Å². The van der Waals surface area contributed by atoms with Crippen molar-refractivity contribution < 1.29 is 4.79 Å². The Kier molecular flexibility index (Phi) is 2.33. The molecule has 1 amide bonds. The van der Waals surface area contributed by atoms with Gasteiger partial charge in [0.1, 0.15) is 0 Å². The van der Waals surface area contributed by atoms with Crippen LogP contribution in [0.25, 0.3) is 0 Å². The van der Waals surface area contributed by atoms with E-state index in [0.717, 1.165) is 17.7 Å². The van der Waals surface area contributed by atoms with Crippen LogP contribution in [0.3, 0.4) is 0 Å². The summed E-state index contributed by atoms with van der Waals surface area (Å²) in [6.45, 7) is 2.80. The topological polar surface area (TPSA) is 32.3 Å². The lowest BCUT2D eigenvalue weighted by molar-refractivity contribution is -0.125. The standard InChI is InChI=1S/C13H15ClN2O/c1-2-10-8-15-12(17)13(14)7-9-5-3-4-6-11(9)16(10)13/h3-6,10H,2,7-8H2,1H3,(H,15,17). The Labute approximate surface area is 106 Å². The van der Waals surface area contributed by atoms with Crippen molar-refractivity contribution in [1.29, 1.82) is 0 Å². The lowest BCUT2D eigenvalue weighted by Gasteiger charge is -2.44. The van der Waals surface area contributed by atoms with Crippen LogP contribution in [0.1, 0.15) is 18.9 Å². The Morgan fingerprint density at radius 2 is 2.29 bits per heavy atom. The van der Waals surface area contributed by atoms with E-state index in [-0.39, 0.29) is 11.9 Å². The minimum atomic E-state index is -0.914. The summed E-state index contributed by atoms with van der Waals surface area (Å²) in [7, 11) is 0. The highest BCUT2D eigenvalue weighted by atomic mass is 35.5. The fourth-order valence-corrected chi connectivity index (χ4v) is 3.30. The van der Waals surface area contributed by atoms with Gasteiger partial charge in [-0.05, 0) is 18.1 Å². The highest BCUT2D eigenvalue weighted by Gasteiger charge is 2.53. The molecule has 0 saturated carbocycles. The molecule has 1 fully saturated rings. The van der Waals surface area contributed by atoms with E-state index < -0.39 is 5.00 Å². The maximum Gasteiger partial charge on any atom is 0.261 e. The van der Waals surface area contributed by atoms with Crippen molar-refractivity contribution in [2.45, 2.75) is 30.8 Å². The van der Waals surface area contributed by atoms with Crippen molar-refractivity contribution in [3.63, 3.8) is 0 Å². The molecule has 0 aliphatic carbocycles. The number of piperazine rings is 1. The molecule has 1 aromatic rings. The quantitative estimate of drug-likeness (QED) is 0.610. The second kappa shape index (κ2) is 3.64. The van der Waals surface area contributed by atoms with Gasteiger partial charge in [0.15, 0.2) is 5.00 Å². The highest BCUT2D eigenvalue weighted by molar-refractivity contribution is 6.37. The van der Waals surface area contributed by atoms with Gasteiger partial charge < -0.3 is 10.2 Å². The van der Waals surface area contributed by atoms with Crippen LogP contribution in [0.2, 0.25) is 0 Å². The summed E-state index contributed by atoms with van der Waals surface area (Å²) in [6, 6.07) is 8.39. The van der Waals surface area contributed by atoms with Gasteiger partial charge in [-0.1, -0.05) is 36.7 Å². The van der Waals surface area contributed by atoms with E-state index in [1.54, 1.807) is 0 Å². The number of rotatable bonds is 1. The Morgan fingerprint density at radius 1 is 1.53 bits per heavy atom. The van der Waals surface area contributed by atoms with E-state index >= 15 is 0 Å². The normalized spacial score (nSPS) is 30.8. The third-order valence-corrected chi connectivity index (χ3v) is 4.23. The first-order chi connectivity index (χ1) is 8.16. The number of hydrogen-bond acceptors (Lipinski definition) is 2. The summed E-state index contributed by atoms with van der Waals surface area (Å²) in [5, 5.41) is 2.92. The molecule has 17 heavy (non-hydrogen) atoms. The number of nitrogens with zero attached hydrogens (tertiary/aromatic N) is 1. The Balaban J connectivity index is 2.12. The predicted molar refractivity (Wildman–Crippen MR) is 68.3 cm³/mol. The van der Waals surface area contributed by atoms with E-state index in [0.29, 0.717) is 13.0 Å². The number of halogens is 1. The zero-order chi connectivity index (χ0) is 12.0. The van der Waals surface area contributed by atoms with Crippen LogP contribution >= 0.6 is 11.6 Å². The summed E-state index contributed by atoms with van der Waals surface area (Å²) >= 11 is 6.58. The molecule has 2 atom stereocenters. The molecule has 2 aliphatic heterocycles. The number of carbonyl (C=O) groups is 1. The van der Waals surface area contributed by atoms with Gasteiger partial charge in [0.05, 0.1) is 0 Å². The Hall–Kier alpha value is -1.22. The van der Waals surface area contributed by atoms with Crippen molar-refractivity contribution in [2.24, 2.45) is 0 Å². The van der Waals surface area contributed by atoms with E-state index in [1.807, 2.05) is 12.1 Å². The number of anilines is 1. The van der Waals surface area contributed by atoms with Gasteiger partial charge in [0.25, 0.3) is 5.91 Å². The second-order valence-electron chi connectivity index (χ2n) is 4.71. The number of fused-ring (bicyclic) bond motifs is 3. The number of nitrogens with one attached hydrogen (secondary N) is 1. The molecule has 0 bridgehead atoms. The molecule has 1 saturated heterocycles. The maximum atomic E-state index is 12.0. The molecule has 90 valence electrons. The molecular formula is C13H15ClN2O. The fraction of sp³-hybridized carbons (Fsp3) is 0.462. The molecule has 4 heteroatoms. The van der Waals surface area contributed by atoms with Crippen molar-refractivity contribution in [3.05, 3.63) is 29.8 Å². The van der Waals surface area contributed by atoms with Crippen LogP contribution in [0.15, 0.2) is 24.3 Å². The zero-order valence-corrected chi connectivity index (χ0v) is 10.5. The van der Waals surface area contributed by atoms with Crippen molar-refractivity contribution in [2.75, 3.05) is 11.4 Å². The molecule has 2 aliphatic rings. The summed E-state index contributed by atoms with van der Waals surface area (Å²) in [5.41, 5.74) is 2.28. The average Bonchev–Trinajstić information content (AvgIpc) is 2.65. The van der Waals surface area contributed by atoms with E-state index in [1.165, 1.54) is 0 Å². The van der Waals surface area contributed by atoms with Crippen LogP contribution in [-0.4, -0.2) is 23.5 Å². The van der Waals surface area contributed by atoms with Gasteiger partial charge in [0.2, 0.25) is 0 Å². The fourth-order valence-electron chi connectivity index (χ4n) is 2.86. The first-order valence-corrected chi connectivity index (χ1v) is 6.39. The lowest BCUT2D eigenvalue weighted by Crippen LogP contribution is -2.65. The van der Waals surface area contributed by atoms with Crippen LogP contribution in [0, 0.1) is 0 Å². The zero-order valence-electron chi connectivity index (χ0n) is 9.74. The summed E-state index contributed by atoms with van der Waals surface area (Å²) in [6.07, 6.45) is 1.57. The highest BCUT2D eigenvalue weighted by Crippen LogP contribution is 2.44. The molecule has 2 unspecified atom stereocenters. The monoisotopic (exact) mass is 250 g/mol. The Bertz CT molecular complexity index is 476. The number of carbonyl (C=O) groups excluding carboxylic acids is 1. The third-order valence-electron chi connectivity index (χ3n) is 3.74. The van der Waals surface area contributed by atoms with E-state index in [2.05, 4.69) is 29.3 Å². The van der Waals surface area contributed by atoms with Crippen molar-refractivity contribution in [1.82, 2.24) is 5.32 Å². The number of hydrogen-bond donors (Lipinski definition) is 1. The predicted octanol–water partition coefficient (Wildman–Crippen LogP) is 1.89. The van der Waals surface area contributed by atoms with E-state index in [4.69, 9.17) is 11.6 Å². The molecule has 1 N–H and O–H groups in total. The minimum absolute atomic E-state index is 0.0694. The molecule has 3 rings (SSSR count). The smallest absolute Gasteiger partial charge is 0.261 e. The minimum Gasteiger partial charge on any atom is -0.351 e. The van der Waals surface area contributed by atoms with E-state index in [9.17, 15) is 4.79 Å². The van der Waals surface area contributed by atoms with Crippen molar-refractivity contribution >= 4 is 23.2 Å². The number of para-hydroxylation sites is 1. The van der Waals surface area contributed by atoms with Crippen LogP contribution in [0.4, 0.5) is 5.69 Å². The number of alkyl halides is 1. The van der Waals surface area contributed by atoms with Crippen LogP contribution < -0.4 is 10.2 Å². The molecule has 0 spiro atoms. The molecule has 1 aromatic carbocycles. The molecule has 3 nitrogen and oxygen atoms in total. The van der Waals surface area contributed by atoms with Crippen molar-refractivity contribution in [3.8, 4) is 0 Å². The molecular weight excluding hydrogens is 236 g/mol. The summed E-state index contributed by atoms with van der Waals surface area (Å²) < 4.78 is 0. The summed E-state index contributed by atoms with van der Waals surface area (Å²) in [4.78, 5) is 13.2. The second-order valence-corrected chi connectivity index (χ2v) is 5.33. The number of amides is 1. The largest absolute Gasteiger partial charge is 0.351 e. The van der Waals surface area contributed by atoms with Gasteiger partial charge >= 0.3 is 0 Å². The summed E-state index contributed by atoms with van der Waals surface area (Å²) in [5.74, 6) is -0.0694. The van der Waals surface area contributed by atoms with Crippen LogP contribution in [0.5, 0.6) is 0 Å². The lowest BCUT2D eigenvalue weighted by atomic mass is 10.0. The number of benzene rings is 1. The molecule has 0 aromatic heterocycles. The molecule has 0 radical (unpaired) electrons. The maximum absolute atomic E-state index is 12.0. The SMILES string of the molecule is CCC1CNC(=O)C2(Cl)Cc3ccccc3N12. The first-order valence-electron chi connectivity index (χ1n) is 6.01. The van der Waals surface area contributed by atoms with Gasteiger partial charge in [-0.15, -0.1) is 0 Å². The van der Waals surface area contributed by atoms with Gasteiger partial charge in [-0.2, -0.15) is 0 Å². The average molecular weight is 251 g/mol. The third kappa shape index (κ3) is 1.38. The Morgan fingerprint density at radius 3 is 3.06 bits per heavy atom. The van der Waals surface area contributed by atoms with Gasteiger partial charge in [-0.25, -0.2) is 0 Å². The molecule has 2 heterocycles.